The molecular formula is C16H33N3. The Morgan fingerprint density at radius 3 is 2.58 bits per heavy atom. The molecule has 2 saturated heterocycles. The van der Waals surface area contributed by atoms with E-state index in [9.17, 15) is 0 Å². The van der Waals surface area contributed by atoms with E-state index in [0.717, 1.165) is 12.0 Å². The SMILES string of the molecule is CCC1(CC)CN(C2CCN(C)CC2C)CCCN1. The lowest BCUT2D eigenvalue weighted by Gasteiger charge is -2.44. The van der Waals surface area contributed by atoms with Crippen LogP contribution in [-0.4, -0.2) is 61.2 Å². The number of nitrogens with zero attached hydrogens (tertiary/aromatic N) is 2. The normalized spacial score (nSPS) is 34.1. The molecule has 19 heavy (non-hydrogen) atoms. The molecule has 2 atom stereocenters. The molecule has 2 heterocycles. The smallest absolute Gasteiger partial charge is 0.0303 e. The molecule has 3 nitrogen and oxygen atoms in total. The fourth-order valence-corrected chi connectivity index (χ4v) is 4.05. The first-order chi connectivity index (χ1) is 9.10. The Labute approximate surface area is 119 Å². The third-order valence-corrected chi connectivity index (χ3v) is 5.51. The first kappa shape index (κ1) is 15.3. The van der Waals surface area contributed by atoms with Crippen molar-refractivity contribution in [2.75, 3.05) is 39.8 Å². The molecule has 3 heteroatoms. The predicted molar refractivity (Wildman–Crippen MR) is 82.6 cm³/mol. The average molecular weight is 267 g/mol. The second-order valence-electron chi connectivity index (χ2n) is 6.83. The van der Waals surface area contributed by atoms with Crippen LogP contribution in [0.3, 0.4) is 0 Å². The van der Waals surface area contributed by atoms with Gasteiger partial charge >= 0.3 is 0 Å². The Morgan fingerprint density at radius 1 is 1.21 bits per heavy atom. The van der Waals surface area contributed by atoms with Crippen LogP contribution in [-0.2, 0) is 0 Å². The summed E-state index contributed by atoms with van der Waals surface area (Å²) < 4.78 is 0. The minimum atomic E-state index is 0.361. The van der Waals surface area contributed by atoms with E-state index in [2.05, 4.69) is 42.9 Å². The minimum Gasteiger partial charge on any atom is -0.310 e. The van der Waals surface area contributed by atoms with Gasteiger partial charge in [0.15, 0.2) is 0 Å². The highest BCUT2D eigenvalue weighted by molar-refractivity contribution is 4.95. The summed E-state index contributed by atoms with van der Waals surface area (Å²) in [5, 5.41) is 3.84. The molecule has 0 saturated carbocycles. The van der Waals surface area contributed by atoms with Gasteiger partial charge < -0.3 is 10.2 Å². The Bertz CT molecular complexity index is 275. The van der Waals surface area contributed by atoms with Gasteiger partial charge in [0, 0.05) is 24.7 Å². The number of hydrogen-bond donors (Lipinski definition) is 1. The van der Waals surface area contributed by atoms with E-state index in [1.807, 2.05) is 0 Å². The van der Waals surface area contributed by atoms with E-state index < -0.39 is 0 Å². The van der Waals surface area contributed by atoms with Crippen molar-refractivity contribution in [1.29, 1.82) is 0 Å². The van der Waals surface area contributed by atoms with Gasteiger partial charge in [0.05, 0.1) is 0 Å². The fraction of sp³-hybridized carbons (Fsp3) is 1.00. The maximum Gasteiger partial charge on any atom is 0.0303 e. The van der Waals surface area contributed by atoms with E-state index in [0.29, 0.717) is 5.54 Å². The Balaban J connectivity index is 2.05. The summed E-state index contributed by atoms with van der Waals surface area (Å²) in [6.07, 6.45) is 5.16. The van der Waals surface area contributed by atoms with Gasteiger partial charge in [-0.05, 0) is 58.3 Å². The fourth-order valence-electron chi connectivity index (χ4n) is 4.05. The quantitative estimate of drug-likeness (QED) is 0.845. The van der Waals surface area contributed by atoms with Crippen LogP contribution >= 0.6 is 0 Å². The highest BCUT2D eigenvalue weighted by Crippen LogP contribution is 2.27. The largest absolute Gasteiger partial charge is 0.310 e. The number of hydrogen-bond acceptors (Lipinski definition) is 3. The number of piperidine rings is 1. The zero-order chi connectivity index (χ0) is 13.9. The molecule has 0 aromatic carbocycles. The van der Waals surface area contributed by atoms with Crippen molar-refractivity contribution in [3.8, 4) is 0 Å². The predicted octanol–water partition coefficient (Wildman–Crippen LogP) is 2.18. The number of rotatable bonds is 3. The Kier molecular flexibility index (Phi) is 5.27. The van der Waals surface area contributed by atoms with Crippen molar-refractivity contribution in [2.24, 2.45) is 5.92 Å². The monoisotopic (exact) mass is 267 g/mol. The van der Waals surface area contributed by atoms with Gasteiger partial charge in [0.1, 0.15) is 0 Å². The van der Waals surface area contributed by atoms with E-state index in [-0.39, 0.29) is 0 Å². The molecule has 0 aromatic heterocycles. The summed E-state index contributed by atoms with van der Waals surface area (Å²) in [4.78, 5) is 5.30. The van der Waals surface area contributed by atoms with Crippen LogP contribution < -0.4 is 5.32 Å². The average Bonchev–Trinajstić information content (AvgIpc) is 2.62. The van der Waals surface area contributed by atoms with Crippen LogP contribution in [0.4, 0.5) is 0 Å². The zero-order valence-corrected chi connectivity index (χ0v) is 13.4. The van der Waals surface area contributed by atoms with Crippen molar-refractivity contribution in [2.45, 2.75) is 58.0 Å². The molecule has 2 rings (SSSR count). The standard InChI is InChI=1S/C16H33N3/c1-5-16(6-2)13-19(10-7-9-17-16)15-8-11-18(4)12-14(15)3/h14-15,17H,5-13H2,1-4H3. The molecule has 2 unspecified atom stereocenters. The van der Waals surface area contributed by atoms with Crippen LogP contribution in [0.15, 0.2) is 0 Å². The Morgan fingerprint density at radius 2 is 1.95 bits per heavy atom. The topological polar surface area (TPSA) is 18.5 Å². The van der Waals surface area contributed by atoms with Crippen LogP contribution in [0.2, 0.25) is 0 Å². The molecule has 2 aliphatic rings. The van der Waals surface area contributed by atoms with Crippen LogP contribution in [0.1, 0.15) is 46.5 Å². The maximum atomic E-state index is 3.84. The molecule has 2 aliphatic heterocycles. The van der Waals surface area contributed by atoms with Crippen molar-refractivity contribution < 1.29 is 0 Å². The van der Waals surface area contributed by atoms with Gasteiger partial charge in [-0.3, -0.25) is 4.90 Å². The molecular weight excluding hydrogens is 234 g/mol. The van der Waals surface area contributed by atoms with Crippen LogP contribution in [0.25, 0.3) is 0 Å². The second-order valence-corrected chi connectivity index (χ2v) is 6.83. The molecule has 112 valence electrons. The Hall–Kier alpha value is -0.120. The molecule has 2 fully saturated rings. The van der Waals surface area contributed by atoms with E-state index in [1.165, 1.54) is 58.4 Å². The third kappa shape index (κ3) is 3.50. The van der Waals surface area contributed by atoms with Crippen molar-refractivity contribution in [1.82, 2.24) is 15.1 Å². The summed E-state index contributed by atoms with van der Waals surface area (Å²) in [5.74, 6) is 0.809. The maximum absolute atomic E-state index is 3.84. The summed E-state index contributed by atoms with van der Waals surface area (Å²) >= 11 is 0. The van der Waals surface area contributed by atoms with Gasteiger partial charge in [-0.25, -0.2) is 0 Å². The highest BCUT2D eigenvalue weighted by Gasteiger charge is 2.36. The van der Waals surface area contributed by atoms with Crippen molar-refractivity contribution >= 4 is 0 Å². The van der Waals surface area contributed by atoms with Crippen molar-refractivity contribution in [3.63, 3.8) is 0 Å². The molecule has 1 N–H and O–H groups in total. The van der Waals surface area contributed by atoms with Crippen LogP contribution in [0.5, 0.6) is 0 Å². The number of likely N-dealkylation sites (tertiary alicyclic amines) is 1. The molecule has 0 aliphatic carbocycles. The summed E-state index contributed by atoms with van der Waals surface area (Å²) in [6, 6.07) is 0.800. The molecule has 0 aromatic rings. The lowest BCUT2D eigenvalue weighted by atomic mass is 9.88. The van der Waals surface area contributed by atoms with Gasteiger partial charge in [0.25, 0.3) is 0 Å². The minimum absolute atomic E-state index is 0.361. The molecule has 0 bridgehead atoms. The highest BCUT2D eigenvalue weighted by atomic mass is 15.2. The van der Waals surface area contributed by atoms with Gasteiger partial charge in [-0.15, -0.1) is 0 Å². The molecule has 0 amide bonds. The summed E-state index contributed by atoms with van der Waals surface area (Å²) in [7, 11) is 2.26. The van der Waals surface area contributed by atoms with Gasteiger partial charge in [-0.1, -0.05) is 20.8 Å². The lowest BCUT2D eigenvalue weighted by Crippen LogP contribution is -2.56. The van der Waals surface area contributed by atoms with E-state index in [1.54, 1.807) is 0 Å². The summed E-state index contributed by atoms with van der Waals surface area (Å²) in [6.45, 7) is 13.4. The number of nitrogens with one attached hydrogen (secondary N) is 1. The van der Waals surface area contributed by atoms with Gasteiger partial charge in [-0.2, -0.15) is 0 Å². The van der Waals surface area contributed by atoms with Crippen molar-refractivity contribution in [3.05, 3.63) is 0 Å². The summed E-state index contributed by atoms with van der Waals surface area (Å²) in [5.41, 5.74) is 0.361. The zero-order valence-electron chi connectivity index (χ0n) is 13.4. The lowest BCUT2D eigenvalue weighted by molar-refractivity contribution is 0.0592. The van der Waals surface area contributed by atoms with E-state index in [4.69, 9.17) is 0 Å². The van der Waals surface area contributed by atoms with Crippen LogP contribution in [0, 0.1) is 5.92 Å². The first-order valence-electron chi connectivity index (χ1n) is 8.28. The molecule has 0 radical (unpaired) electrons. The van der Waals surface area contributed by atoms with Gasteiger partial charge in [0.2, 0.25) is 0 Å². The second kappa shape index (κ2) is 6.55. The van der Waals surface area contributed by atoms with E-state index >= 15 is 0 Å². The first-order valence-corrected chi connectivity index (χ1v) is 8.28. The third-order valence-electron chi connectivity index (χ3n) is 5.51. The molecule has 0 spiro atoms.